The van der Waals surface area contributed by atoms with Crippen molar-refractivity contribution >= 4 is 39.4 Å². The molecule has 3 rings (SSSR count). The summed E-state index contributed by atoms with van der Waals surface area (Å²) in [5, 5.41) is 24.8. The molecule has 7 N–H and O–H groups in total. The lowest BCUT2D eigenvalue weighted by molar-refractivity contribution is -0.864. The van der Waals surface area contributed by atoms with Gasteiger partial charge in [-0.15, -0.1) is 0 Å². The molecule has 1 atom stereocenters. The Hall–Kier alpha value is -3.55. The molecule has 1 heterocycles. The van der Waals surface area contributed by atoms with E-state index in [2.05, 4.69) is 10.3 Å². The Morgan fingerprint density at radius 1 is 1.07 bits per heavy atom. The van der Waals surface area contributed by atoms with Crippen LogP contribution in [0.2, 0.25) is 0 Å². The van der Waals surface area contributed by atoms with E-state index >= 15 is 0 Å². The first-order valence-corrected chi connectivity index (χ1v) is 8.58. The Bertz CT molecular complexity index is 958. The monoisotopic (exact) mass is 368 g/mol. The largest absolute Gasteiger partial charge is 0.480 e. The van der Waals surface area contributed by atoms with Gasteiger partial charge in [0.25, 0.3) is 11.0 Å². The van der Waals surface area contributed by atoms with Crippen LogP contribution in [0, 0.1) is 0 Å². The average Bonchev–Trinajstić information content (AvgIpc) is 2.66. The van der Waals surface area contributed by atoms with Crippen molar-refractivity contribution in [2.75, 3.05) is 11.9 Å². The summed E-state index contributed by atoms with van der Waals surface area (Å²) in [6, 6.07) is 13.7. The molecule has 2 aromatic carbocycles. The van der Waals surface area contributed by atoms with Crippen molar-refractivity contribution in [1.82, 2.24) is 0 Å². The number of guanidine groups is 1. The number of pyridine rings is 1. The summed E-state index contributed by atoms with van der Waals surface area (Å²) < 4.78 is 1.12. The number of nitrogens with zero attached hydrogens (tertiary/aromatic N) is 2. The molecule has 0 aliphatic carbocycles. The van der Waals surface area contributed by atoms with Gasteiger partial charge in [0.2, 0.25) is 0 Å². The van der Waals surface area contributed by atoms with Crippen LogP contribution in [0.3, 0.4) is 0 Å². The lowest BCUT2D eigenvalue weighted by Gasteiger charge is -2.17. The Morgan fingerprint density at radius 3 is 2.15 bits per heavy atom. The molecular formula is C19H22N5O3+. The molecule has 0 saturated heterocycles. The van der Waals surface area contributed by atoms with Gasteiger partial charge in [0.05, 0.1) is 16.5 Å². The predicted octanol–water partition coefficient (Wildman–Crippen LogP) is 1.44. The number of aromatic nitrogens is 1. The number of rotatable bonds is 7. The fourth-order valence-corrected chi connectivity index (χ4v) is 3.11. The smallest absolute Gasteiger partial charge is 0.326 e. The summed E-state index contributed by atoms with van der Waals surface area (Å²) in [7, 11) is 0. The molecule has 0 bridgehead atoms. The Morgan fingerprint density at radius 2 is 1.63 bits per heavy atom. The van der Waals surface area contributed by atoms with E-state index in [1.54, 1.807) is 12.1 Å². The minimum atomic E-state index is -0.964. The zero-order chi connectivity index (χ0) is 19.4. The van der Waals surface area contributed by atoms with Crippen molar-refractivity contribution in [2.24, 2.45) is 16.5 Å². The van der Waals surface area contributed by atoms with Gasteiger partial charge in [0, 0.05) is 23.4 Å². The van der Waals surface area contributed by atoms with E-state index in [9.17, 15) is 15.1 Å². The third kappa shape index (κ3) is 3.84. The van der Waals surface area contributed by atoms with Crippen LogP contribution in [0.4, 0.5) is 5.69 Å². The van der Waals surface area contributed by atoms with Gasteiger partial charge < -0.3 is 21.9 Å². The molecule has 1 aromatic heterocycles. The average molecular weight is 368 g/mol. The molecule has 0 spiro atoms. The standard InChI is InChI=1S/C19H21N5O3/c20-19(21)22-11-5-8-14(18(25)26)23-17-12-6-1-3-9-15(12)24(27)16-10-4-2-7-13(16)17/h1-4,6-7,9-10,14,27H,5,8,11H2,(H5,20,21,22,25,26)/p+1. The number of hydrogen-bond acceptors (Lipinski definition) is 4. The number of nitrogens with two attached hydrogens (primary N) is 2. The van der Waals surface area contributed by atoms with E-state index in [4.69, 9.17) is 11.5 Å². The van der Waals surface area contributed by atoms with Crippen LogP contribution in [0.15, 0.2) is 53.5 Å². The lowest BCUT2D eigenvalue weighted by atomic mass is 10.1. The van der Waals surface area contributed by atoms with Crippen molar-refractivity contribution in [3.8, 4) is 0 Å². The van der Waals surface area contributed by atoms with Gasteiger partial charge in [0.15, 0.2) is 5.96 Å². The van der Waals surface area contributed by atoms with E-state index in [0.717, 1.165) is 15.5 Å². The van der Waals surface area contributed by atoms with Gasteiger partial charge in [-0.3, -0.25) is 10.2 Å². The molecule has 1 unspecified atom stereocenters. The van der Waals surface area contributed by atoms with Gasteiger partial charge in [-0.2, -0.15) is 0 Å². The Kier molecular flexibility index (Phi) is 5.25. The molecule has 140 valence electrons. The van der Waals surface area contributed by atoms with Crippen LogP contribution in [0.1, 0.15) is 12.8 Å². The van der Waals surface area contributed by atoms with Crippen molar-refractivity contribution < 1.29 is 19.8 Å². The summed E-state index contributed by atoms with van der Waals surface area (Å²) >= 11 is 0. The number of para-hydroxylation sites is 2. The molecule has 0 amide bonds. The number of aliphatic carboxylic acids is 1. The second-order valence-electron chi connectivity index (χ2n) is 6.21. The summed E-state index contributed by atoms with van der Waals surface area (Å²) in [6.07, 6.45) is 0.868. The van der Waals surface area contributed by atoms with E-state index in [-0.39, 0.29) is 5.96 Å². The molecule has 0 fully saturated rings. The van der Waals surface area contributed by atoms with E-state index in [0.29, 0.717) is 36.1 Å². The fourth-order valence-electron chi connectivity index (χ4n) is 3.11. The van der Waals surface area contributed by atoms with Crippen LogP contribution in [0.25, 0.3) is 21.8 Å². The van der Waals surface area contributed by atoms with Crippen LogP contribution < -0.4 is 21.5 Å². The maximum Gasteiger partial charge on any atom is 0.326 e. The number of hydrogen-bond donors (Lipinski definition) is 5. The van der Waals surface area contributed by atoms with Gasteiger partial charge in [-0.25, -0.2) is 4.79 Å². The SMILES string of the molecule is NC(N)=NCCCC(Nc1c2ccccc2[n+](O)c2ccccc12)C(=O)O. The fraction of sp³-hybridized carbons (Fsp3) is 0.211. The number of carbonyl (C=O) groups is 1. The van der Waals surface area contributed by atoms with E-state index in [1.807, 2.05) is 36.4 Å². The maximum absolute atomic E-state index is 11.8. The number of benzene rings is 2. The van der Waals surface area contributed by atoms with Crippen molar-refractivity contribution in [3.05, 3.63) is 48.5 Å². The molecule has 27 heavy (non-hydrogen) atoms. The molecule has 0 saturated carbocycles. The Labute approximate surface area is 155 Å². The van der Waals surface area contributed by atoms with Crippen LogP contribution in [0.5, 0.6) is 0 Å². The molecule has 0 aliphatic rings. The first-order valence-electron chi connectivity index (χ1n) is 8.58. The number of aliphatic imine (C=N–C) groups is 1. The first kappa shape index (κ1) is 18.2. The Balaban J connectivity index is 2.02. The predicted molar refractivity (Wildman–Crippen MR) is 104 cm³/mol. The molecule has 3 aromatic rings. The zero-order valence-corrected chi connectivity index (χ0v) is 14.7. The van der Waals surface area contributed by atoms with Crippen molar-refractivity contribution in [1.29, 1.82) is 0 Å². The third-order valence-electron chi connectivity index (χ3n) is 4.37. The summed E-state index contributed by atoms with van der Waals surface area (Å²) in [5.74, 6) is -0.976. The number of nitrogens with one attached hydrogen (secondary N) is 1. The van der Waals surface area contributed by atoms with Crippen LogP contribution in [-0.2, 0) is 4.79 Å². The first-order chi connectivity index (χ1) is 13.0. The maximum atomic E-state index is 11.8. The second kappa shape index (κ2) is 7.77. The topological polar surface area (TPSA) is 138 Å². The quantitative estimate of drug-likeness (QED) is 0.107. The molecule has 0 aliphatic heterocycles. The van der Waals surface area contributed by atoms with Crippen molar-refractivity contribution in [2.45, 2.75) is 18.9 Å². The van der Waals surface area contributed by atoms with E-state index in [1.165, 1.54) is 0 Å². The number of carboxylic acid groups (broad SMARTS) is 1. The third-order valence-corrected chi connectivity index (χ3v) is 4.37. The van der Waals surface area contributed by atoms with Crippen LogP contribution >= 0.6 is 0 Å². The van der Waals surface area contributed by atoms with E-state index < -0.39 is 12.0 Å². The normalized spacial score (nSPS) is 12.0. The summed E-state index contributed by atoms with van der Waals surface area (Å²) in [4.78, 5) is 15.7. The van der Waals surface area contributed by atoms with Gasteiger partial charge in [-0.05, 0) is 25.0 Å². The zero-order valence-electron chi connectivity index (χ0n) is 14.7. The number of carboxylic acids is 1. The van der Waals surface area contributed by atoms with Crippen LogP contribution in [-0.4, -0.2) is 34.8 Å². The number of anilines is 1. The van der Waals surface area contributed by atoms with Gasteiger partial charge in [0.1, 0.15) is 6.04 Å². The molecular weight excluding hydrogens is 346 g/mol. The minimum Gasteiger partial charge on any atom is -0.480 e. The highest BCUT2D eigenvalue weighted by atomic mass is 16.5. The summed E-state index contributed by atoms with van der Waals surface area (Å²) in [6.45, 7) is 0.362. The molecule has 0 radical (unpaired) electrons. The second-order valence-corrected chi connectivity index (χ2v) is 6.21. The minimum absolute atomic E-state index is 0.0117. The summed E-state index contributed by atoms with van der Waals surface area (Å²) in [5.41, 5.74) is 12.4. The molecule has 8 heteroatoms. The lowest BCUT2D eigenvalue weighted by Crippen LogP contribution is -2.34. The highest BCUT2D eigenvalue weighted by Gasteiger charge is 2.24. The highest BCUT2D eigenvalue weighted by molar-refractivity contribution is 6.05. The van der Waals surface area contributed by atoms with Gasteiger partial charge >= 0.3 is 5.97 Å². The number of fused-ring (bicyclic) bond motifs is 2. The van der Waals surface area contributed by atoms with Crippen molar-refractivity contribution in [3.63, 3.8) is 0 Å². The molecule has 8 nitrogen and oxygen atoms in total. The van der Waals surface area contributed by atoms with Gasteiger partial charge in [-0.1, -0.05) is 24.3 Å². The highest BCUT2D eigenvalue weighted by Crippen LogP contribution is 2.30.